The molecule has 0 bridgehead atoms. The van der Waals surface area contributed by atoms with E-state index >= 15 is 0 Å². The highest BCUT2D eigenvalue weighted by atomic mass is 35.5. The minimum absolute atomic E-state index is 0.133. The van der Waals surface area contributed by atoms with Crippen LogP contribution in [0.4, 0.5) is 5.69 Å². The maximum atomic E-state index is 11.0. The Morgan fingerprint density at radius 3 is 2.70 bits per heavy atom. The molecule has 6 nitrogen and oxygen atoms in total. The van der Waals surface area contributed by atoms with E-state index in [1.165, 1.54) is 18.7 Å². The Bertz CT molecular complexity index is 908. The summed E-state index contributed by atoms with van der Waals surface area (Å²) in [6.45, 7) is 1.59. The molecule has 0 unspecified atom stereocenters. The summed E-state index contributed by atoms with van der Waals surface area (Å²) in [5.41, 5.74) is 2.20. The molecule has 1 amide bonds. The molecule has 1 heterocycles. The highest BCUT2D eigenvalue weighted by molar-refractivity contribution is 7.99. The predicted octanol–water partition coefficient (Wildman–Crippen LogP) is 4.36. The van der Waals surface area contributed by atoms with Gasteiger partial charge in [-0.3, -0.25) is 4.79 Å². The van der Waals surface area contributed by atoms with Gasteiger partial charge in [0.15, 0.2) is 5.16 Å². The van der Waals surface area contributed by atoms with Gasteiger partial charge in [0, 0.05) is 18.4 Å². The topological polar surface area (TPSA) is 87.2 Å². The van der Waals surface area contributed by atoms with Crippen molar-refractivity contribution in [2.24, 2.45) is 0 Å². The first-order chi connectivity index (χ1) is 12.9. The molecule has 0 aliphatic rings. The van der Waals surface area contributed by atoms with E-state index in [1.54, 1.807) is 36.4 Å². The zero-order valence-corrected chi connectivity index (χ0v) is 16.7. The van der Waals surface area contributed by atoms with Crippen molar-refractivity contribution >= 4 is 57.6 Å². The number of aromatic amines is 1. The number of aliphatic hydroxyl groups is 1. The molecule has 3 N–H and O–H groups in total. The number of imidazole rings is 1. The fourth-order valence-electron chi connectivity index (χ4n) is 2.30. The monoisotopic (exact) mass is 425 g/mol. The third-order valence-electron chi connectivity index (χ3n) is 3.53. The molecule has 0 saturated heterocycles. The van der Waals surface area contributed by atoms with Gasteiger partial charge in [-0.15, -0.1) is 0 Å². The minimum Gasteiger partial charge on any atom is -0.491 e. The number of nitrogens with one attached hydrogen (secondary N) is 2. The zero-order chi connectivity index (χ0) is 19.4. The third-order valence-corrected chi connectivity index (χ3v) is 5.27. The smallest absolute Gasteiger partial charge is 0.221 e. The van der Waals surface area contributed by atoms with Crippen LogP contribution in [-0.2, 0) is 4.79 Å². The van der Waals surface area contributed by atoms with E-state index in [9.17, 15) is 9.90 Å². The van der Waals surface area contributed by atoms with Crippen LogP contribution in [0.3, 0.4) is 0 Å². The van der Waals surface area contributed by atoms with Gasteiger partial charge in [0.1, 0.15) is 12.4 Å². The molecule has 27 heavy (non-hydrogen) atoms. The van der Waals surface area contributed by atoms with Crippen molar-refractivity contribution < 1.29 is 14.6 Å². The number of rotatable bonds is 7. The van der Waals surface area contributed by atoms with Gasteiger partial charge in [0.05, 0.1) is 27.2 Å². The van der Waals surface area contributed by atoms with E-state index < -0.39 is 6.10 Å². The summed E-state index contributed by atoms with van der Waals surface area (Å²) in [4.78, 5) is 18.5. The summed E-state index contributed by atoms with van der Waals surface area (Å²) >= 11 is 13.4. The number of H-pyrrole nitrogens is 1. The number of amides is 1. The summed E-state index contributed by atoms with van der Waals surface area (Å²) in [5, 5.41) is 14.4. The number of hydrogen-bond acceptors (Lipinski definition) is 5. The molecule has 0 aliphatic carbocycles. The van der Waals surface area contributed by atoms with Crippen LogP contribution in [-0.4, -0.2) is 39.4 Å². The number of hydrogen-bond donors (Lipinski definition) is 3. The number of fused-ring (bicyclic) bond motifs is 1. The summed E-state index contributed by atoms with van der Waals surface area (Å²) in [7, 11) is 0. The normalized spacial score (nSPS) is 12.1. The second-order valence-corrected chi connectivity index (χ2v) is 7.63. The Morgan fingerprint density at radius 1 is 1.30 bits per heavy atom. The largest absolute Gasteiger partial charge is 0.491 e. The van der Waals surface area contributed by atoms with Gasteiger partial charge >= 0.3 is 0 Å². The van der Waals surface area contributed by atoms with Gasteiger partial charge in [0.25, 0.3) is 0 Å². The van der Waals surface area contributed by atoms with E-state index in [0.29, 0.717) is 32.4 Å². The van der Waals surface area contributed by atoms with Crippen molar-refractivity contribution in [2.75, 3.05) is 17.7 Å². The second-order valence-electron chi connectivity index (χ2n) is 5.81. The Kier molecular flexibility index (Phi) is 6.49. The van der Waals surface area contributed by atoms with Crippen LogP contribution in [0.5, 0.6) is 5.75 Å². The van der Waals surface area contributed by atoms with Crippen molar-refractivity contribution in [1.82, 2.24) is 9.97 Å². The molecule has 0 spiro atoms. The fraction of sp³-hybridized carbons (Fsp3) is 0.222. The number of benzene rings is 2. The zero-order valence-electron chi connectivity index (χ0n) is 14.3. The summed E-state index contributed by atoms with van der Waals surface area (Å²) in [6, 6.07) is 10.4. The van der Waals surface area contributed by atoms with E-state index in [-0.39, 0.29) is 12.5 Å². The van der Waals surface area contributed by atoms with Crippen LogP contribution >= 0.6 is 35.0 Å². The van der Waals surface area contributed by atoms with Crippen molar-refractivity contribution in [3.05, 3.63) is 46.4 Å². The molecular formula is C18H17Cl2N3O3S. The Balaban J connectivity index is 1.49. The van der Waals surface area contributed by atoms with Gasteiger partial charge in [-0.2, -0.15) is 0 Å². The number of carbonyl (C=O) groups is 1. The lowest BCUT2D eigenvalue weighted by Crippen LogP contribution is -2.20. The molecule has 0 saturated carbocycles. The third kappa shape index (κ3) is 5.52. The van der Waals surface area contributed by atoms with Crippen LogP contribution in [0.2, 0.25) is 10.0 Å². The number of aromatic nitrogens is 2. The van der Waals surface area contributed by atoms with Crippen LogP contribution in [0.1, 0.15) is 6.92 Å². The molecule has 9 heteroatoms. The lowest BCUT2D eigenvalue weighted by molar-refractivity contribution is -0.114. The van der Waals surface area contributed by atoms with Crippen LogP contribution in [0.15, 0.2) is 41.6 Å². The second kappa shape index (κ2) is 8.84. The molecule has 3 rings (SSSR count). The number of carbonyl (C=O) groups excluding carboxylic acids is 1. The average Bonchev–Trinajstić information content (AvgIpc) is 3.01. The van der Waals surface area contributed by atoms with Crippen molar-refractivity contribution in [3.8, 4) is 5.75 Å². The molecule has 0 fully saturated rings. The highest BCUT2D eigenvalue weighted by Gasteiger charge is 2.11. The van der Waals surface area contributed by atoms with Gasteiger partial charge < -0.3 is 20.1 Å². The SMILES string of the molecule is CC(=O)Nc1ccc(OC[C@@H](O)CSc2nc3cc(Cl)c(Cl)cc3[nH]2)cc1. The minimum atomic E-state index is -0.676. The van der Waals surface area contributed by atoms with Gasteiger partial charge in [-0.1, -0.05) is 35.0 Å². The lowest BCUT2D eigenvalue weighted by Gasteiger charge is -2.12. The molecule has 1 aromatic heterocycles. The number of nitrogens with zero attached hydrogens (tertiary/aromatic N) is 1. The number of thioether (sulfide) groups is 1. The van der Waals surface area contributed by atoms with E-state index in [2.05, 4.69) is 15.3 Å². The van der Waals surface area contributed by atoms with Crippen LogP contribution in [0.25, 0.3) is 11.0 Å². The summed E-state index contributed by atoms with van der Waals surface area (Å²) in [6.07, 6.45) is -0.676. The number of ether oxygens (including phenoxy) is 1. The number of halogens is 2. The maximum absolute atomic E-state index is 11.0. The Morgan fingerprint density at radius 2 is 2.00 bits per heavy atom. The predicted molar refractivity (Wildman–Crippen MR) is 109 cm³/mol. The summed E-state index contributed by atoms with van der Waals surface area (Å²) in [5.74, 6) is 0.887. The van der Waals surface area contributed by atoms with Crippen molar-refractivity contribution in [1.29, 1.82) is 0 Å². The van der Waals surface area contributed by atoms with E-state index in [0.717, 1.165) is 11.0 Å². The first kappa shape index (κ1) is 19.8. The van der Waals surface area contributed by atoms with Crippen molar-refractivity contribution in [2.45, 2.75) is 18.2 Å². The first-order valence-corrected chi connectivity index (χ1v) is 9.81. The van der Waals surface area contributed by atoms with Crippen LogP contribution < -0.4 is 10.1 Å². The van der Waals surface area contributed by atoms with E-state index in [4.69, 9.17) is 27.9 Å². The quantitative estimate of drug-likeness (QED) is 0.489. The van der Waals surface area contributed by atoms with Gasteiger partial charge in [0.2, 0.25) is 5.91 Å². The molecule has 2 aromatic carbocycles. The lowest BCUT2D eigenvalue weighted by atomic mass is 10.3. The Hall–Kier alpha value is -1.93. The average molecular weight is 426 g/mol. The first-order valence-electron chi connectivity index (χ1n) is 8.07. The molecule has 1 atom stereocenters. The van der Waals surface area contributed by atoms with Gasteiger partial charge in [-0.05, 0) is 36.4 Å². The highest BCUT2D eigenvalue weighted by Crippen LogP contribution is 2.28. The molecule has 0 aliphatic heterocycles. The summed E-state index contributed by atoms with van der Waals surface area (Å²) < 4.78 is 5.57. The van der Waals surface area contributed by atoms with E-state index in [1.807, 2.05) is 0 Å². The van der Waals surface area contributed by atoms with Crippen LogP contribution in [0, 0.1) is 0 Å². The number of aliphatic hydroxyl groups excluding tert-OH is 1. The molecule has 3 aromatic rings. The molecule has 142 valence electrons. The fourth-order valence-corrected chi connectivity index (χ4v) is 3.42. The molecular weight excluding hydrogens is 409 g/mol. The molecule has 0 radical (unpaired) electrons. The standard InChI is InChI=1S/C18H17Cl2N3O3S/c1-10(24)21-11-2-4-13(5-3-11)26-8-12(25)9-27-18-22-16-6-14(19)15(20)7-17(16)23-18/h2-7,12,25H,8-9H2,1H3,(H,21,24)(H,22,23)/t12-/m1/s1. The van der Waals surface area contributed by atoms with Gasteiger partial charge in [-0.25, -0.2) is 4.98 Å². The number of anilines is 1. The van der Waals surface area contributed by atoms with Crippen molar-refractivity contribution in [3.63, 3.8) is 0 Å². The maximum Gasteiger partial charge on any atom is 0.221 e. The Labute approximate surface area is 170 Å².